The maximum Gasteiger partial charge on any atom is 0.120 e. The second kappa shape index (κ2) is 12.8. The quantitative estimate of drug-likeness (QED) is 0.461. The van der Waals surface area contributed by atoms with E-state index in [1.54, 1.807) is 0 Å². The molecule has 108 valence electrons. The van der Waals surface area contributed by atoms with Gasteiger partial charge in [0.25, 0.3) is 0 Å². The third kappa shape index (κ3) is 20.7. The summed E-state index contributed by atoms with van der Waals surface area (Å²) in [6.45, 7) is 10.9. The Hall–Kier alpha value is -0.660. The lowest BCUT2D eigenvalue weighted by Gasteiger charge is -2.21. The van der Waals surface area contributed by atoms with Crippen molar-refractivity contribution in [3.05, 3.63) is 0 Å². The van der Waals surface area contributed by atoms with Crippen molar-refractivity contribution in [3.8, 4) is 0 Å². The molecule has 2 nitrogen and oxygen atoms in total. The molecule has 0 aliphatic heterocycles. The highest BCUT2D eigenvalue weighted by molar-refractivity contribution is 5.49. The Morgan fingerprint density at radius 1 is 1.00 bits per heavy atom. The molecule has 0 spiro atoms. The van der Waals surface area contributed by atoms with Crippen LogP contribution in [0.1, 0.15) is 79.6 Å². The molecule has 2 heteroatoms. The number of hydrogen-bond acceptors (Lipinski definition) is 2. The van der Waals surface area contributed by atoms with Crippen LogP contribution in [0, 0.1) is 11.3 Å². The molecule has 0 saturated heterocycles. The number of carbonyl (C=O) groups excluding carboxylic acids is 2. The van der Waals surface area contributed by atoms with Gasteiger partial charge in [0.15, 0.2) is 0 Å². The number of unbranched alkanes of at least 4 members (excludes halogenated alkanes) is 4. The largest absolute Gasteiger partial charge is 0.303 e. The van der Waals surface area contributed by atoms with Crippen molar-refractivity contribution in [3.63, 3.8) is 0 Å². The molecular weight excluding hydrogens is 224 g/mol. The number of hydrogen-bond donors (Lipinski definition) is 0. The molecule has 0 rings (SSSR count). The average Bonchev–Trinajstić information content (AvgIpc) is 2.23. The van der Waals surface area contributed by atoms with Gasteiger partial charge in [-0.2, -0.15) is 0 Å². The Morgan fingerprint density at radius 3 is 2.00 bits per heavy atom. The van der Waals surface area contributed by atoms with E-state index in [0.717, 1.165) is 31.8 Å². The van der Waals surface area contributed by atoms with Crippen molar-refractivity contribution in [2.45, 2.75) is 79.6 Å². The van der Waals surface area contributed by atoms with Gasteiger partial charge >= 0.3 is 0 Å². The van der Waals surface area contributed by atoms with Gasteiger partial charge in [-0.3, -0.25) is 0 Å². The Bertz CT molecular complexity index is 192. The van der Waals surface area contributed by atoms with Crippen LogP contribution in [-0.4, -0.2) is 12.6 Å². The molecule has 1 atom stereocenters. The fourth-order valence-electron chi connectivity index (χ4n) is 1.95. The van der Waals surface area contributed by atoms with Crippen LogP contribution in [0.5, 0.6) is 0 Å². The molecule has 0 amide bonds. The van der Waals surface area contributed by atoms with Gasteiger partial charge in [0.05, 0.1) is 0 Å². The minimum absolute atomic E-state index is 0.364. The molecule has 0 radical (unpaired) electrons. The summed E-state index contributed by atoms with van der Waals surface area (Å²) in [7, 11) is 0. The van der Waals surface area contributed by atoms with Crippen molar-refractivity contribution in [1.29, 1.82) is 0 Å². The van der Waals surface area contributed by atoms with Gasteiger partial charge < -0.3 is 9.59 Å². The summed E-state index contributed by atoms with van der Waals surface area (Å²) in [6.07, 6.45) is 9.41. The third-order valence-corrected chi connectivity index (χ3v) is 2.63. The van der Waals surface area contributed by atoms with Crippen LogP contribution in [0.25, 0.3) is 0 Å². The summed E-state index contributed by atoms with van der Waals surface area (Å²) >= 11 is 0. The third-order valence-electron chi connectivity index (χ3n) is 2.63. The monoisotopic (exact) mass is 256 g/mol. The van der Waals surface area contributed by atoms with E-state index in [4.69, 9.17) is 0 Å². The Kier molecular flexibility index (Phi) is 14.0. The second-order valence-electron chi connectivity index (χ2n) is 6.29. The van der Waals surface area contributed by atoms with E-state index in [0.29, 0.717) is 17.8 Å². The molecule has 0 aromatic rings. The van der Waals surface area contributed by atoms with Crippen LogP contribution in [0.4, 0.5) is 0 Å². The lowest BCUT2D eigenvalue weighted by atomic mass is 9.84. The summed E-state index contributed by atoms with van der Waals surface area (Å²) in [5.74, 6) is 0.539. The van der Waals surface area contributed by atoms with E-state index in [1.165, 1.54) is 19.3 Å². The molecular formula is C16H32O2. The van der Waals surface area contributed by atoms with Gasteiger partial charge in [-0.05, 0) is 24.2 Å². The lowest BCUT2D eigenvalue weighted by Crippen LogP contribution is -2.11. The van der Waals surface area contributed by atoms with Crippen molar-refractivity contribution in [2.24, 2.45) is 11.3 Å². The van der Waals surface area contributed by atoms with Crippen LogP contribution in [-0.2, 0) is 9.59 Å². The summed E-state index contributed by atoms with van der Waals surface area (Å²) in [5, 5.41) is 0. The Morgan fingerprint density at radius 2 is 1.61 bits per heavy atom. The van der Waals surface area contributed by atoms with E-state index in [9.17, 15) is 9.59 Å². The van der Waals surface area contributed by atoms with Crippen molar-refractivity contribution >= 4 is 12.6 Å². The molecule has 0 aliphatic carbocycles. The van der Waals surface area contributed by atoms with Gasteiger partial charge in [-0.15, -0.1) is 0 Å². The number of aldehydes is 2. The summed E-state index contributed by atoms with van der Waals surface area (Å²) in [6, 6.07) is 0. The molecule has 0 N–H and O–H groups in total. The minimum atomic E-state index is 0.364. The zero-order valence-corrected chi connectivity index (χ0v) is 13.0. The van der Waals surface area contributed by atoms with E-state index in [2.05, 4.69) is 34.6 Å². The first-order valence-electron chi connectivity index (χ1n) is 7.24. The molecule has 0 aromatic carbocycles. The minimum Gasteiger partial charge on any atom is -0.303 e. The second-order valence-corrected chi connectivity index (χ2v) is 6.29. The molecule has 1 unspecified atom stereocenters. The van der Waals surface area contributed by atoms with Crippen LogP contribution in [0.2, 0.25) is 0 Å². The molecule has 0 saturated carbocycles. The normalized spacial score (nSPS) is 12.3. The van der Waals surface area contributed by atoms with Gasteiger partial charge in [-0.1, -0.05) is 53.9 Å². The van der Waals surface area contributed by atoms with Crippen molar-refractivity contribution in [1.82, 2.24) is 0 Å². The van der Waals surface area contributed by atoms with Crippen LogP contribution >= 0.6 is 0 Å². The fourth-order valence-corrected chi connectivity index (χ4v) is 1.95. The van der Waals surface area contributed by atoms with E-state index < -0.39 is 0 Å². The highest BCUT2D eigenvalue weighted by Crippen LogP contribution is 2.25. The molecule has 0 bridgehead atoms. The van der Waals surface area contributed by atoms with Crippen LogP contribution < -0.4 is 0 Å². The van der Waals surface area contributed by atoms with Crippen molar-refractivity contribution in [2.75, 3.05) is 0 Å². The Labute approximate surface area is 114 Å². The molecule has 0 aliphatic rings. The zero-order chi connectivity index (χ0) is 14.4. The van der Waals surface area contributed by atoms with E-state index >= 15 is 0 Å². The topological polar surface area (TPSA) is 34.1 Å². The number of carbonyl (C=O) groups is 2. The maximum absolute atomic E-state index is 10.1. The summed E-state index contributed by atoms with van der Waals surface area (Å²) < 4.78 is 0. The predicted molar refractivity (Wildman–Crippen MR) is 78.7 cm³/mol. The lowest BCUT2D eigenvalue weighted by molar-refractivity contribution is -0.109. The standard InChI is InChI=1S/C9H18O.C7H14O/c1-8(5-6-10)7-9(2,3)4;1-2-3-4-5-6-7-8/h6,8H,5,7H2,1-4H3;7H,2-6H2,1H3. The van der Waals surface area contributed by atoms with Crippen molar-refractivity contribution < 1.29 is 9.59 Å². The zero-order valence-electron chi connectivity index (χ0n) is 13.0. The van der Waals surface area contributed by atoms with Crippen LogP contribution in [0.15, 0.2) is 0 Å². The Balaban J connectivity index is 0. The summed E-state index contributed by atoms with van der Waals surface area (Å²) in [5.41, 5.74) is 0.364. The number of rotatable bonds is 8. The average molecular weight is 256 g/mol. The first-order valence-corrected chi connectivity index (χ1v) is 7.24. The van der Waals surface area contributed by atoms with E-state index in [-0.39, 0.29) is 0 Å². The first kappa shape index (κ1) is 19.7. The highest BCUT2D eigenvalue weighted by Gasteiger charge is 2.14. The van der Waals surface area contributed by atoms with Gasteiger partial charge in [0, 0.05) is 12.8 Å². The highest BCUT2D eigenvalue weighted by atomic mass is 16.1. The summed E-state index contributed by atoms with van der Waals surface area (Å²) in [4.78, 5) is 19.9. The predicted octanol–water partition coefficient (Wildman–Crippen LogP) is 4.80. The molecule has 0 heterocycles. The van der Waals surface area contributed by atoms with Gasteiger partial charge in [-0.25, -0.2) is 0 Å². The maximum atomic E-state index is 10.1. The smallest absolute Gasteiger partial charge is 0.120 e. The van der Waals surface area contributed by atoms with Gasteiger partial charge in [0.2, 0.25) is 0 Å². The molecule has 0 aromatic heterocycles. The van der Waals surface area contributed by atoms with Crippen LogP contribution in [0.3, 0.4) is 0 Å². The van der Waals surface area contributed by atoms with Gasteiger partial charge in [0.1, 0.15) is 12.6 Å². The first-order chi connectivity index (χ1) is 8.37. The molecule has 18 heavy (non-hydrogen) atoms. The molecule has 0 fully saturated rings. The fraction of sp³-hybridized carbons (Fsp3) is 0.875. The SMILES string of the molecule is CC(CC=O)CC(C)(C)C.CCCCCCC=O. The van der Waals surface area contributed by atoms with E-state index in [1.807, 2.05) is 0 Å².